The van der Waals surface area contributed by atoms with Gasteiger partial charge in [-0.05, 0) is 78.9 Å². The minimum absolute atomic E-state index is 0.0468. The monoisotopic (exact) mass is 714 g/mol. The van der Waals surface area contributed by atoms with E-state index in [2.05, 4.69) is 185 Å². The molecule has 0 amide bonds. The van der Waals surface area contributed by atoms with Crippen LogP contribution in [0.15, 0.2) is 174 Å². The van der Waals surface area contributed by atoms with Crippen LogP contribution in [0.4, 0.5) is 0 Å². The SMILES string of the molecule is CC1C/C=C(\c2cccc3c2C(C)(C)c2c-3ccc3ccccc23)N=C(c2cccc(C3(c4ccccc4)c4ccccc4-c4ccccc43)c2)N=C1Cl. The van der Waals surface area contributed by atoms with Crippen molar-refractivity contribution < 1.29 is 0 Å². The number of benzene rings is 7. The number of hydrogen-bond donors (Lipinski definition) is 0. The minimum atomic E-state index is -0.523. The lowest BCUT2D eigenvalue weighted by Crippen LogP contribution is -2.28. The van der Waals surface area contributed by atoms with Gasteiger partial charge in [0, 0.05) is 22.5 Å². The maximum Gasteiger partial charge on any atom is 0.161 e. The Balaban J connectivity index is 1.17. The van der Waals surface area contributed by atoms with Crippen molar-refractivity contribution in [1.29, 1.82) is 0 Å². The lowest BCUT2D eigenvalue weighted by Gasteiger charge is -2.34. The summed E-state index contributed by atoms with van der Waals surface area (Å²) in [4.78, 5) is 10.6. The van der Waals surface area contributed by atoms with Gasteiger partial charge in [-0.2, -0.15) is 0 Å². The molecule has 260 valence electrons. The van der Waals surface area contributed by atoms with Crippen LogP contribution in [0, 0.1) is 5.92 Å². The first-order valence-electron chi connectivity index (χ1n) is 18.9. The zero-order valence-electron chi connectivity index (χ0n) is 30.6. The molecule has 3 aliphatic rings. The van der Waals surface area contributed by atoms with Gasteiger partial charge in [0.2, 0.25) is 0 Å². The highest BCUT2D eigenvalue weighted by atomic mass is 35.5. The molecule has 1 heterocycles. The molecule has 0 radical (unpaired) electrons. The number of amidine groups is 1. The fourth-order valence-corrected chi connectivity index (χ4v) is 9.81. The molecule has 0 fully saturated rings. The lowest BCUT2D eigenvalue weighted by molar-refractivity contribution is 0.664. The van der Waals surface area contributed by atoms with Gasteiger partial charge < -0.3 is 0 Å². The van der Waals surface area contributed by atoms with Crippen molar-refractivity contribution in [2.45, 2.75) is 38.0 Å². The van der Waals surface area contributed by atoms with Gasteiger partial charge >= 0.3 is 0 Å². The summed E-state index contributed by atoms with van der Waals surface area (Å²) in [7, 11) is 0. The average molecular weight is 715 g/mol. The number of rotatable bonds is 4. The highest BCUT2D eigenvalue weighted by Gasteiger charge is 2.46. The molecule has 0 saturated carbocycles. The standard InChI is InChI=1S/C51H39ClN2/c1-32-27-30-45(42-24-14-23-40-41-29-28-33-15-7-8-20-37(33)46(41)50(2,3)47(40)42)53-49(54-48(32)52)34-16-13-19-36(31-34)51(35-17-5-4-6-18-35)43-25-11-9-21-38(43)39-22-10-12-26-44(39)51/h4-26,28-32H,27H2,1-3H3/b45-30+,53-49?,54-48?. The van der Waals surface area contributed by atoms with Crippen molar-refractivity contribution in [1.82, 2.24) is 0 Å². The van der Waals surface area contributed by atoms with Crippen LogP contribution < -0.4 is 0 Å². The largest absolute Gasteiger partial charge is 0.228 e. The number of aliphatic imine (C=N–C) groups is 2. The third-order valence-corrected chi connectivity index (χ3v) is 12.5. The molecule has 1 unspecified atom stereocenters. The fraction of sp³-hybridized carbons (Fsp3) is 0.137. The molecule has 0 aromatic heterocycles. The predicted octanol–water partition coefficient (Wildman–Crippen LogP) is 13.0. The number of allylic oxidation sites excluding steroid dienone is 1. The second-order valence-electron chi connectivity index (χ2n) is 15.4. The van der Waals surface area contributed by atoms with E-state index < -0.39 is 5.41 Å². The predicted molar refractivity (Wildman–Crippen MR) is 227 cm³/mol. The quantitative estimate of drug-likeness (QED) is 0.173. The average Bonchev–Trinajstić information content (AvgIpc) is 3.65. The van der Waals surface area contributed by atoms with Crippen molar-refractivity contribution in [2.75, 3.05) is 0 Å². The molecule has 0 saturated heterocycles. The van der Waals surface area contributed by atoms with E-state index in [-0.39, 0.29) is 11.3 Å². The summed E-state index contributed by atoms with van der Waals surface area (Å²) in [6, 6.07) is 57.5. The molecule has 54 heavy (non-hydrogen) atoms. The molecule has 2 aliphatic carbocycles. The van der Waals surface area contributed by atoms with E-state index in [1.54, 1.807) is 0 Å². The molecule has 7 aromatic rings. The third kappa shape index (κ3) is 4.73. The van der Waals surface area contributed by atoms with Gasteiger partial charge in [-0.1, -0.05) is 190 Å². The van der Waals surface area contributed by atoms with Gasteiger partial charge in [-0.25, -0.2) is 9.98 Å². The van der Waals surface area contributed by atoms with Crippen LogP contribution in [0.1, 0.15) is 71.7 Å². The highest BCUT2D eigenvalue weighted by Crippen LogP contribution is 2.57. The van der Waals surface area contributed by atoms with Crippen LogP contribution in [0.3, 0.4) is 0 Å². The van der Waals surface area contributed by atoms with Gasteiger partial charge in [0.1, 0.15) is 5.17 Å². The topological polar surface area (TPSA) is 24.7 Å². The van der Waals surface area contributed by atoms with Crippen LogP contribution in [-0.4, -0.2) is 11.0 Å². The Morgan fingerprint density at radius 2 is 1.17 bits per heavy atom. The first-order valence-corrected chi connectivity index (χ1v) is 19.3. The van der Waals surface area contributed by atoms with Crippen molar-refractivity contribution in [2.24, 2.45) is 15.9 Å². The summed E-state index contributed by atoms with van der Waals surface area (Å²) in [5, 5.41) is 3.14. The molecule has 0 spiro atoms. The van der Waals surface area contributed by atoms with Crippen LogP contribution in [0.5, 0.6) is 0 Å². The zero-order chi connectivity index (χ0) is 36.6. The van der Waals surface area contributed by atoms with Crippen molar-refractivity contribution in [3.8, 4) is 22.3 Å². The maximum absolute atomic E-state index is 7.00. The first kappa shape index (κ1) is 32.8. The molecule has 7 aromatic carbocycles. The normalized spacial score (nSPS) is 18.6. The fourth-order valence-electron chi connectivity index (χ4n) is 9.64. The Morgan fingerprint density at radius 3 is 1.94 bits per heavy atom. The van der Waals surface area contributed by atoms with Crippen molar-refractivity contribution in [3.63, 3.8) is 0 Å². The first-order chi connectivity index (χ1) is 26.4. The number of hydrogen-bond acceptors (Lipinski definition) is 2. The molecular weight excluding hydrogens is 676 g/mol. The summed E-state index contributed by atoms with van der Waals surface area (Å²) in [5.74, 6) is 0.671. The van der Waals surface area contributed by atoms with E-state index >= 15 is 0 Å². The Labute approximate surface area is 322 Å². The second kappa shape index (κ2) is 12.4. The molecule has 0 N–H and O–H groups in total. The van der Waals surface area contributed by atoms with Crippen molar-refractivity contribution >= 4 is 39.1 Å². The summed E-state index contributed by atoms with van der Waals surface area (Å²) in [6.07, 6.45) is 3.02. The van der Waals surface area contributed by atoms with E-state index in [1.807, 2.05) is 0 Å². The van der Waals surface area contributed by atoms with Crippen molar-refractivity contribution in [3.05, 3.63) is 208 Å². The number of fused-ring (bicyclic) bond motifs is 8. The second-order valence-corrected chi connectivity index (χ2v) is 15.8. The van der Waals surface area contributed by atoms with E-state index in [9.17, 15) is 0 Å². The molecule has 1 aliphatic heterocycles. The summed E-state index contributed by atoms with van der Waals surface area (Å²) in [5.41, 5.74) is 15.0. The van der Waals surface area contributed by atoms with Gasteiger partial charge in [-0.3, -0.25) is 0 Å². The lowest BCUT2D eigenvalue weighted by atomic mass is 9.67. The summed E-state index contributed by atoms with van der Waals surface area (Å²) < 4.78 is 0. The van der Waals surface area contributed by atoms with Crippen LogP contribution >= 0.6 is 11.6 Å². The van der Waals surface area contributed by atoms with Gasteiger partial charge in [0.25, 0.3) is 0 Å². The van der Waals surface area contributed by atoms with E-state index in [4.69, 9.17) is 21.6 Å². The Morgan fingerprint density at radius 1 is 0.556 bits per heavy atom. The van der Waals surface area contributed by atoms with Crippen LogP contribution in [-0.2, 0) is 10.8 Å². The molecular formula is C51H39ClN2. The minimum Gasteiger partial charge on any atom is -0.228 e. The van der Waals surface area contributed by atoms with Gasteiger partial charge in [-0.15, -0.1) is 0 Å². The van der Waals surface area contributed by atoms with E-state index in [0.717, 1.165) is 23.2 Å². The summed E-state index contributed by atoms with van der Waals surface area (Å²) >= 11 is 7.00. The van der Waals surface area contributed by atoms with Crippen LogP contribution in [0.25, 0.3) is 38.7 Å². The Kier molecular flexibility index (Phi) is 7.51. The summed E-state index contributed by atoms with van der Waals surface area (Å²) in [6.45, 7) is 6.88. The highest BCUT2D eigenvalue weighted by molar-refractivity contribution is 6.66. The Hall–Kier alpha value is -5.83. The van der Waals surface area contributed by atoms with E-state index in [1.165, 1.54) is 66.4 Å². The Bertz CT molecular complexity index is 2700. The molecule has 3 heteroatoms. The van der Waals surface area contributed by atoms with Crippen LogP contribution in [0.2, 0.25) is 0 Å². The zero-order valence-corrected chi connectivity index (χ0v) is 31.4. The number of halogens is 1. The molecule has 2 nitrogen and oxygen atoms in total. The maximum atomic E-state index is 7.00. The number of nitrogens with zero attached hydrogens (tertiary/aromatic N) is 2. The molecule has 0 bridgehead atoms. The van der Waals surface area contributed by atoms with Gasteiger partial charge in [0.05, 0.1) is 11.1 Å². The third-order valence-electron chi connectivity index (χ3n) is 12.0. The smallest absolute Gasteiger partial charge is 0.161 e. The molecule has 10 rings (SSSR count). The van der Waals surface area contributed by atoms with Gasteiger partial charge in [0.15, 0.2) is 5.84 Å². The molecule has 1 atom stereocenters. The van der Waals surface area contributed by atoms with E-state index in [0.29, 0.717) is 11.0 Å².